The number of nitrogens with zero attached hydrogens (tertiary/aromatic N) is 4. The number of carboxylic acid groups (broad SMARTS) is 1. The lowest BCUT2D eigenvalue weighted by Gasteiger charge is -2.36. The number of fused-ring (bicyclic) bond motifs is 2. The van der Waals surface area contributed by atoms with Crippen molar-refractivity contribution < 1.29 is 18.7 Å². The molecule has 6 nitrogen and oxygen atoms in total. The molecule has 1 aromatic heterocycles. The van der Waals surface area contributed by atoms with Crippen LogP contribution in [0.5, 0.6) is 0 Å². The van der Waals surface area contributed by atoms with Crippen molar-refractivity contribution in [2.75, 3.05) is 29.4 Å². The molecule has 1 saturated carbocycles. The Morgan fingerprint density at radius 2 is 1.97 bits per heavy atom. The molecule has 3 fully saturated rings. The molecule has 2 aliphatic carbocycles. The molecule has 0 amide bonds. The van der Waals surface area contributed by atoms with Gasteiger partial charge in [0.25, 0.3) is 5.92 Å². The van der Waals surface area contributed by atoms with Gasteiger partial charge in [0.15, 0.2) is 0 Å². The number of rotatable bonds is 4. The third-order valence-electron chi connectivity index (χ3n) is 7.38. The fraction of sp³-hybridized carbons (Fsp3) is 0.762. The quantitative estimate of drug-likeness (QED) is 0.826. The van der Waals surface area contributed by atoms with Gasteiger partial charge in [-0.2, -0.15) is 13.8 Å². The molecule has 4 aliphatic rings. The summed E-state index contributed by atoms with van der Waals surface area (Å²) in [5, 5.41) is 9.06. The normalized spacial score (nSPS) is 32.7. The highest BCUT2D eigenvalue weighted by Crippen LogP contribution is 2.55. The second kappa shape index (κ2) is 6.77. The van der Waals surface area contributed by atoms with Crippen molar-refractivity contribution in [1.82, 2.24) is 9.97 Å². The van der Waals surface area contributed by atoms with E-state index < -0.39 is 11.9 Å². The third kappa shape index (κ3) is 3.24. The number of anilines is 2. The average molecular weight is 406 g/mol. The van der Waals surface area contributed by atoms with Crippen LogP contribution in [0.15, 0.2) is 0 Å². The van der Waals surface area contributed by atoms with E-state index in [1.54, 1.807) is 0 Å². The fourth-order valence-corrected chi connectivity index (χ4v) is 5.71. The number of carboxylic acids is 1. The van der Waals surface area contributed by atoms with E-state index in [1.807, 2.05) is 0 Å². The Kier molecular flexibility index (Phi) is 4.44. The number of hydrogen-bond donors (Lipinski definition) is 1. The highest BCUT2D eigenvalue weighted by molar-refractivity contribution is 5.68. The maximum absolute atomic E-state index is 14.8. The Morgan fingerprint density at radius 1 is 1.21 bits per heavy atom. The molecule has 0 radical (unpaired) electrons. The summed E-state index contributed by atoms with van der Waals surface area (Å²) in [7, 11) is 0. The molecular weight excluding hydrogens is 378 g/mol. The molecule has 158 valence electrons. The third-order valence-corrected chi connectivity index (χ3v) is 7.38. The first-order valence-electron chi connectivity index (χ1n) is 10.9. The topological polar surface area (TPSA) is 69.6 Å². The van der Waals surface area contributed by atoms with E-state index >= 15 is 0 Å². The van der Waals surface area contributed by atoms with Crippen molar-refractivity contribution >= 4 is 17.7 Å². The Bertz CT molecular complexity index is 821. The van der Waals surface area contributed by atoms with Crippen molar-refractivity contribution in [3.8, 4) is 0 Å². The van der Waals surface area contributed by atoms with Crippen LogP contribution >= 0.6 is 0 Å². The number of halogens is 2. The summed E-state index contributed by atoms with van der Waals surface area (Å²) in [6, 6.07) is 0.249. The largest absolute Gasteiger partial charge is 0.481 e. The second-order valence-electron chi connectivity index (χ2n) is 9.26. The average Bonchev–Trinajstić information content (AvgIpc) is 3.10. The second-order valence-corrected chi connectivity index (χ2v) is 9.26. The van der Waals surface area contributed by atoms with Gasteiger partial charge in [-0.1, -0.05) is 0 Å². The summed E-state index contributed by atoms with van der Waals surface area (Å²) in [4.78, 5) is 24.5. The molecule has 5 rings (SSSR count). The van der Waals surface area contributed by atoms with E-state index in [9.17, 15) is 13.6 Å². The van der Waals surface area contributed by atoms with Crippen LogP contribution in [0.3, 0.4) is 0 Å². The van der Waals surface area contributed by atoms with E-state index in [-0.39, 0.29) is 30.5 Å². The first kappa shape index (κ1) is 19.0. The molecule has 1 aromatic rings. The molecule has 1 unspecified atom stereocenters. The van der Waals surface area contributed by atoms with E-state index in [1.165, 1.54) is 0 Å². The van der Waals surface area contributed by atoms with Gasteiger partial charge in [-0.3, -0.25) is 4.79 Å². The van der Waals surface area contributed by atoms with Gasteiger partial charge < -0.3 is 14.9 Å². The van der Waals surface area contributed by atoms with Gasteiger partial charge in [-0.15, -0.1) is 0 Å². The number of carbonyl (C=O) groups is 1. The maximum Gasteiger partial charge on any atom is 0.303 e. The van der Waals surface area contributed by atoms with Crippen molar-refractivity contribution in [3.63, 3.8) is 0 Å². The summed E-state index contributed by atoms with van der Waals surface area (Å²) in [6.07, 6.45) is 4.28. The molecular formula is C21H28F2N4O2. The van der Waals surface area contributed by atoms with Crippen molar-refractivity contribution in [2.24, 2.45) is 17.8 Å². The first-order chi connectivity index (χ1) is 13.8. The summed E-state index contributed by atoms with van der Waals surface area (Å²) in [5.74, 6) is -1.64. The molecule has 0 spiro atoms. The molecule has 3 heterocycles. The van der Waals surface area contributed by atoms with Gasteiger partial charge in [0, 0.05) is 44.1 Å². The number of alkyl halides is 2. The minimum Gasteiger partial charge on any atom is -0.481 e. The van der Waals surface area contributed by atoms with Gasteiger partial charge >= 0.3 is 5.97 Å². The Balaban J connectivity index is 1.48. The van der Waals surface area contributed by atoms with E-state index in [4.69, 9.17) is 10.1 Å². The SMILES string of the molecule is C[C@H]1CCCCN1c1nc(N2C[C@@H]3C(CC(=O)O)[C@@H]3C2)c2c(n1)C(F)(F)CCC2. The molecule has 0 aromatic carbocycles. The standard InChI is InChI=1S/C21H28F2N4O2/c1-12-5-2-3-8-27(12)20-24-18-13(6-4-7-21(18,22)23)19(25-20)26-10-15-14(9-17(28)29)16(15)11-26/h12,14-16H,2-11H2,1H3,(H,28,29)/t12-,14?,15-,16+/m0/s1. The predicted molar refractivity (Wildman–Crippen MR) is 104 cm³/mol. The Hall–Kier alpha value is -1.99. The fourth-order valence-electron chi connectivity index (χ4n) is 5.71. The maximum atomic E-state index is 14.8. The van der Waals surface area contributed by atoms with Crippen LogP contribution in [0.4, 0.5) is 20.5 Å². The first-order valence-corrected chi connectivity index (χ1v) is 10.9. The summed E-state index contributed by atoms with van der Waals surface area (Å²) >= 11 is 0. The highest BCUT2D eigenvalue weighted by atomic mass is 19.3. The lowest BCUT2D eigenvalue weighted by molar-refractivity contribution is -0.137. The van der Waals surface area contributed by atoms with E-state index in [2.05, 4.69) is 21.7 Å². The molecule has 2 aliphatic heterocycles. The van der Waals surface area contributed by atoms with Crippen LogP contribution in [0.1, 0.15) is 56.7 Å². The van der Waals surface area contributed by atoms with Crippen LogP contribution < -0.4 is 9.80 Å². The van der Waals surface area contributed by atoms with Crippen molar-refractivity contribution in [2.45, 2.75) is 63.8 Å². The van der Waals surface area contributed by atoms with Gasteiger partial charge in [0.2, 0.25) is 5.95 Å². The zero-order chi connectivity index (χ0) is 20.3. The zero-order valence-corrected chi connectivity index (χ0v) is 16.8. The molecule has 1 N–H and O–H groups in total. The van der Waals surface area contributed by atoms with Crippen molar-refractivity contribution in [3.05, 3.63) is 11.3 Å². The minimum absolute atomic E-state index is 0.0795. The number of hydrogen-bond acceptors (Lipinski definition) is 5. The molecule has 4 atom stereocenters. The number of piperidine rings is 2. The predicted octanol–water partition coefficient (Wildman–Crippen LogP) is 3.44. The zero-order valence-electron chi connectivity index (χ0n) is 16.8. The summed E-state index contributed by atoms with van der Waals surface area (Å²) in [5.41, 5.74) is 0.523. The summed E-state index contributed by atoms with van der Waals surface area (Å²) in [6.45, 7) is 4.34. The molecule has 8 heteroatoms. The lowest BCUT2D eigenvalue weighted by Crippen LogP contribution is -2.40. The molecule has 2 saturated heterocycles. The van der Waals surface area contributed by atoms with Crippen LogP contribution in [0.2, 0.25) is 0 Å². The monoisotopic (exact) mass is 406 g/mol. The van der Waals surface area contributed by atoms with Crippen molar-refractivity contribution in [1.29, 1.82) is 0 Å². The van der Waals surface area contributed by atoms with Crippen LogP contribution in [-0.4, -0.2) is 46.7 Å². The van der Waals surface area contributed by atoms with Crippen LogP contribution in [0.25, 0.3) is 0 Å². The van der Waals surface area contributed by atoms with Gasteiger partial charge in [0.05, 0.1) is 0 Å². The van der Waals surface area contributed by atoms with Crippen LogP contribution in [-0.2, 0) is 17.1 Å². The van der Waals surface area contributed by atoms with Gasteiger partial charge in [0.1, 0.15) is 11.5 Å². The summed E-state index contributed by atoms with van der Waals surface area (Å²) < 4.78 is 29.6. The molecule has 29 heavy (non-hydrogen) atoms. The number of aromatic nitrogens is 2. The lowest BCUT2D eigenvalue weighted by atomic mass is 9.92. The number of aliphatic carboxylic acids is 1. The van der Waals surface area contributed by atoms with E-state index in [0.717, 1.165) is 25.8 Å². The molecule has 0 bridgehead atoms. The smallest absolute Gasteiger partial charge is 0.303 e. The van der Waals surface area contributed by atoms with Crippen LogP contribution in [0, 0.1) is 17.8 Å². The van der Waals surface area contributed by atoms with Gasteiger partial charge in [-0.25, -0.2) is 4.98 Å². The Labute approximate surface area is 169 Å². The van der Waals surface area contributed by atoms with E-state index in [0.29, 0.717) is 55.1 Å². The minimum atomic E-state index is -2.91. The highest BCUT2D eigenvalue weighted by Gasteiger charge is 2.57. The Morgan fingerprint density at radius 3 is 2.66 bits per heavy atom. The van der Waals surface area contributed by atoms with Gasteiger partial charge in [-0.05, 0) is 56.8 Å².